The lowest BCUT2D eigenvalue weighted by molar-refractivity contribution is -0.397. The van der Waals surface area contributed by atoms with Gasteiger partial charge in [-0.3, -0.25) is 9.59 Å². The third-order valence-corrected chi connectivity index (χ3v) is 4.37. The fraction of sp³-hybridized carbons (Fsp3) is 0.714. The molecule has 0 atom stereocenters. The predicted octanol–water partition coefficient (Wildman–Crippen LogP) is -2.33. The summed E-state index contributed by atoms with van der Waals surface area (Å²) >= 11 is 0. The molecule has 0 aliphatic carbocycles. The molecule has 3 rings (SSSR count). The lowest BCUT2D eigenvalue weighted by Gasteiger charge is -2.26. The Morgan fingerprint density at radius 1 is 0.963 bits per heavy atom. The standard InChI is InChI=1S/C14H20N6O7/c21-11(16-1-5-26-6-2-16)9-18-13(20(24)25)15-19(14(18)23)10-12(22)17-3-7-27-8-4-17/h1-10H2. The molecule has 1 aromatic rings. The van der Waals surface area contributed by atoms with Crippen molar-refractivity contribution in [1.29, 1.82) is 0 Å². The van der Waals surface area contributed by atoms with E-state index in [1.165, 1.54) is 9.80 Å². The van der Waals surface area contributed by atoms with Crippen LogP contribution in [0.1, 0.15) is 0 Å². The van der Waals surface area contributed by atoms with Crippen LogP contribution in [-0.2, 0) is 32.2 Å². The van der Waals surface area contributed by atoms with E-state index in [4.69, 9.17) is 9.47 Å². The summed E-state index contributed by atoms with van der Waals surface area (Å²) in [7, 11) is 0. The summed E-state index contributed by atoms with van der Waals surface area (Å²) in [5.74, 6) is -1.60. The highest BCUT2D eigenvalue weighted by Crippen LogP contribution is 2.07. The van der Waals surface area contributed by atoms with Crippen LogP contribution in [0.3, 0.4) is 0 Å². The van der Waals surface area contributed by atoms with E-state index >= 15 is 0 Å². The first kappa shape index (κ1) is 19.0. The van der Waals surface area contributed by atoms with Crippen LogP contribution in [0.2, 0.25) is 0 Å². The molecule has 2 amide bonds. The van der Waals surface area contributed by atoms with Crippen molar-refractivity contribution in [3.63, 3.8) is 0 Å². The monoisotopic (exact) mass is 384 g/mol. The van der Waals surface area contributed by atoms with Crippen molar-refractivity contribution in [2.45, 2.75) is 13.1 Å². The average molecular weight is 384 g/mol. The van der Waals surface area contributed by atoms with Crippen molar-refractivity contribution in [2.24, 2.45) is 0 Å². The minimum atomic E-state index is -0.870. The summed E-state index contributed by atoms with van der Waals surface area (Å²) in [6.07, 6.45) is 0. The van der Waals surface area contributed by atoms with Crippen LogP contribution in [-0.4, -0.2) is 93.5 Å². The number of nitrogens with zero attached hydrogens (tertiary/aromatic N) is 6. The van der Waals surface area contributed by atoms with Crippen molar-refractivity contribution in [2.75, 3.05) is 52.6 Å². The van der Waals surface area contributed by atoms with Gasteiger partial charge in [-0.25, -0.2) is 4.79 Å². The number of amides is 2. The lowest BCUT2D eigenvalue weighted by Crippen LogP contribution is -2.45. The Labute approximate surface area is 153 Å². The number of carbonyl (C=O) groups excluding carboxylic acids is 2. The second-order valence-corrected chi connectivity index (χ2v) is 6.07. The van der Waals surface area contributed by atoms with Gasteiger partial charge in [-0.1, -0.05) is 0 Å². The van der Waals surface area contributed by atoms with E-state index in [0.717, 1.165) is 4.68 Å². The molecule has 0 saturated carbocycles. The molecular formula is C14H20N6O7. The average Bonchev–Trinajstić information content (AvgIpc) is 2.99. The van der Waals surface area contributed by atoms with E-state index in [1.807, 2.05) is 0 Å². The van der Waals surface area contributed by atoms with E-state index in [0.29, 0.717) is 57.2 Å². The topological polar surface area (TPSA) is 142 Å². The van der Waals surface area contributed by atoms with Gasteiger partial charge in [-0.05, 0) is 4.92 Å². The van der Waals surface area contributed by atoms with Crippen molar-refractivity contribution < 1.29 is 24.0 Å². The fourth-order valence-electron chi connectivity index (χ4n) is 2.89. The summed E-state index contributed by atoms with van der Waals surface area (Å²) in [5, 5.41) is 14.9. The zero-order chi connectivity index (χ0) is 19.4. The quantitative estimate of drug-likeness (QED) is 0.406. The van der Waals surface area contributed by atoms with Gasteiger partial charge in [-0.15, -0.1) is 4.68 Å². The zero-order valence-electron chi connectivity index (χ0n) is 14.6. The molecule has 0 bridgehead atoms. The van der Waals surface area contributed by atoms with E-state index in [-0.39, 0.29) is 5.91 Å². The van der Waals surface area contributed by atoms with Crippen molar-refractivity contribution in [3.8, 4) is 0 Å². The predicted molar refractivity (Wildman–Crippen MR) is 87.9 cm³/mol. The second-order valence-electron chi connectivity index (χ2n) is 6.07. The van der Waals surface area contributed by atoms with Crippen LogP contribution in [0.4, 0.5) is 5.95 Å². The maximum absolute atomic E-state index is 12.5. The van der Waals surface area contributed by atoms with E-state index in [2.05, 4.69) is 5.10 Å². The van der Waals surface area contributed by atoms with Gasteiger partial charge in [0.05, 0.1) is 26.4 Å². The molecule has 13 nitrogen and oxygen atoms in total. The Bertz CT molecular complexity index is 775. The molecule has 0 aromatic carbocycles. The SMILES string of the molecule is O=C(Cn1nc([N+](=O)[O-])n(CC(=O)N2CCOCC2)c1=O)N1CCOCC1. The molecule has 0 radical (unpaired) electrons. The van der Waals surface area contributed by atoms with Gasteiger partial charge >= 0.3 is 11.6 Å². The van der Waals surface area contributed by atoms with Gasteiger partial charge < -0.3 is 29.4 Å². The molecule has 0 unspecified atom stereocenters. The molecule has 2 aliphatic rings. The number of ether oxygens (including phenoxy) is 2. The first-order valence-electron chi connectivity index (χ1n) is 8.50. The van der Waals surface area contributed by atoms with Crippen LogP contribution in [0, 0.1) is 10.1 Å². The first-order chi connectivity index (χ1) is 13.0. The lowest BCUT2D eigenvalue weighted by atomic mass is 10.4. The highest BCUT2D eigenvalue weighted by atomic mass is 16.6. The van der Waals surface area contributed by atoms with E-state index < -0.39 is 35.6 Å². The normalized spacial score (nSPS) is 17.8. The Hall–Kier alpha value is -2.80. The fourth-order valence-corrected chi connectivity index (χ4v) is 2.89. The maximum Gasteiger partial charge on any atom is 0.460 e. The minimum Gasteiger partial charge on any atom is -0.390 e. The number of hydrogen-bond donors (Lipinski definition) is 0. The van der Waals surface area contributed by atoms with Gasteiger partial charge in [0, 0.05) is 31.3 Å². The highest BCUT2D eigenvalue weighted by Gasteiger charge is 2.30. The smallest absolute Gasteiger partial charge is 0.390 e. The highest BCUT2D eigenvalue weighted by molar-refractivity contribution is 5.77. The van der Waals surface area contributed by atoms with Crippen LogP contribution in [0.15, 0.2) is 4.79 Å². The van der Waals surface area contributed by atoms with E-state index in [9.17, 15) is 24.5 Å². The summed E-state index contributed by atoms with van der Waals surface area (Å²) in [5.41, 5.74) is -0.870. The Morgan fingerprint density at radius 3 is 1.93 bits per heavy atom. The summed E-state index contributed by atoms with van der Waals surface area (Å²) in [6.45, 7) is 2.05. The molecule has 27 heavy (non-hydrogen) atoms. The number of rotatable bonds is 5. The largest absolute Gasteiger partial charge is 0.460 e. The molecule has 13 heteroatoms. The number of aromatic nitrogens is 3. The molecule has 2 fully saturated rings. The van der Waals surface area contributed by atoms with Crippen LogP contribution >= 0.6 is 0 Å². The molecular weight excluding hydrogens is 364 g/mol. The molecule has 2 aliphatic heterocycles. The third-order valence-electron chi connectivity index (χ3n) is 4.37. The molecule has 2 saturated heterocycles. The Kier molecular flexibility index (Phi) is 5.81. The number of morpholine rings is 2. The third kappa shape index (κ3) is 4.31. The van der Waals surface area contributed by atoms with Gasteiger partial charge in [0.25, 0.3) is 5.91 Å². The molecule has 0 N–H and O–H groups in total. The van der Waals surface area contributed by atoms with Crippen molar-refractivity contribution in [3.05, 3.63) is 20.6 Å². The molecule has 3 heterocycles. The van der Waals surface area contributed by atoms with Gasteiger partial charge in [-0.2, -0.15) is 4.57 Å². The van der Waals surface area contributed by atoms with Crippen LogP contribution in [0.25, 0.3) is 0 Å². The van der Waals surface area contributed by atoms with Crippen LogP contribution in [0.5, 0.6) is 0 Å². The summed E-state index contributed by atoms with van der Waals surface area (Å²) < 4.78 is 11.7. The van der Waals surface area contributed by atoms with Gasteiger partial charge in [0.1, 0.15) is 6.54 Å². The summed E-state index contributed by atoms with van der Waals surface area (Å²) in [4.78, 5) is 50.5. The Balaban J connectivity index is 1.77. The second kappa shape index (κ2) is 8.26. The number of nitro groups is 1. The minimum absolute atomic E-state index is 0.352. The van der Waals surface area contributed by atoms with Crippen molar-refractivity contribution >= 4 is 17.8 Å². The van der Waals surface area contributed by atoms with Gasteiger partial charge in [0.2, 0.25) is 5.91 Å². The van der Waals surface area contributed by atoms with Crippen LogP contribution < -0.4 is 5.69 Å². The molecule has 148 valence electrons. The molecule has 1 aromatic heterocycles. The summed E-state index contributed by atoms with van der Waals surface area (Å²) in [6, 6.07) is 0. The van der Waals surface area contributed by atoms with E-state index in [1.54, 1.807) is 0 Å². The number of hydrogen-bond acceptors (Lipinski definition) is 8. The van der Waals surface area contributed by atoms with Gasteiger partial charge in [0.15, 0.2) is 6.54 Å². The first-order valence-corrected chi connectivity index (χ1v) is 8.50. The van der Waals surface area contributed by atoms with Crippen molar-refractivity contribution in [1.82, 2.24) is 24.1 Å². The maximum atomic E-state index is 12.5. The number of carbonyl (C=O) groups is 2. The zero-order valence-corrected chi connectivity index (χ0v) is 14.6. The Morgan fingerprint density at radius 2 is 1.44 bits per heavy atom. The molecule has 0 spiro atoms.